The lowest BCUT2D eigenvalue weighted by molar-refractivity contribution is 0.622. The lowest BCUT2D eigenvalue weighted by atomic mass is 10.0. The predicted octanol–water partition coefficient (Wildman–Crippen LogP) is 7.05. The first-order valence-electron chi connectivity index (χ1n) is 10.7. The van der Waals surface area contributed by atoms with Crippen LogP contribution in [0, 0.1) is 0 Å². The van der Waals surface area contributed by atoms with Crippen molar-refractivity contribution < 1.29 is 8.83 Å². The van der Waals surface area contributed by atoms with Crippen molar-refractivity contribution in [3.05, 3.63) is 108 Å². The van der Waals surface area contributed by atoms with Gasteiger partial charge in [-0.25, -0.2) is 0 Å². The lowest BCUT2D eigenvalue weighted by Gasteiger charge is -2.06. The molecule has 0 aliphatic rings. The maximum absolute atomic E-state index is 5.73. The highest BCUT2D eigenvalue weighted by Gasteiger charge is 2.07. The Balaban J connectivity index is 1.10. The van der Waals surface area contributed by atoms with E-state index in [1.54, 1.807) is 0 Å². The molecular weight excluding hydrogens is 412 g/mol. The van der Waals surface area contributed by atoms with Crippen molar-refractivity contribution in [1.82, 2.24) is 9.97 Å². The van der Waals surface area contributed by atoms with Crippen LogP contribution >= 0.6 is 0 Å². The van der Waals surface area contributed by atoms with E-state index < -0.39 is 0 Å². The first kappa shape index (κ1) is 19.1. The zero-order valence-electron chi connectivity index (χ0n) is 17.7. The number of nitrogens with one attached hydrogen (secondary N) is 2. The molecular formula is C27H20N4O2. The van der Waals surface area contributed by atoms with Crippen LogP contribution in [-0.4, -0.2) is 9.97 Å². The molecule has 160 valence electrons. The van der Waals surface area contributed by atoms with E-state index in [9.17, 15) is 0 Å². The van der Waals surface area contributed by atoms with Gasteiger partial charge in [-0.2, -0.15) is 9.97 Å². The molecule has 0 bridgehead atoms. The molecule has 0 unspecified atom stereocenters. The Morgan fingerprint density at radius 2 is 0.939 bits per heavy atom. The molecule has 0 spiro atoms. The summed E-state index contributed by atoms with van der Waals surface area (Å²) in [5.74, 6) is 0. The number of fused-ring (bicyclic) bond motifs is 2. The number of para-hydroxylation sites is 4. The first-order valence-corrected chi connectivity index (χ1v) is 10.7. The molecule has 6 heteroatoms. The van der Waals surface area contributed by atoms with Crippen LogP contribution in [0.4, 0.5) is 23.4 Å². The highest BCUT2D eigenvalue weighted by atomic mass is 16.4. The zero-order chi connectivity index (χ0) is 22.0. The Hall–Kier alpha value is -4.58. The quantitative estimate of drug-likeness (QED) is 0.294. The van der Waals surface area contributed by atoms with E-state index >= 15 is 0 Å². The lowest BCUT2D eigenvalue weighted by Crippen LogP contribution is -1.93. The number of oxazole rings is 2. The topological polar surface area (TPSA) is 76.1 Å². The minimum absolute atomic E-state index is 0.492. The molecule has 0 fully saturated rings. The second-order valence-electron chi connectivity index (χ2n) is 7.79. The summed E-state index contributed by atoms with van der Waals surface area (Å²) in [6.45, 7) is 0. The van der Waals surface area contributed by atoms with Crippen LogP contribution in [0.5, 0.6) is 0 Å². The van der Waals surface area contributed by atoms with Gasteiger partial charge >= 0.3 is 0 Å². The summed E-state index contributed by atoms with van der Waals surface area (Å²) in [6, 6.07) is 33.0. The van der Waals surface area contributed by atoms with E-state index in [1.807, 2.05) is 72.8 Å². The Labute approximate surface area is 189 Å². The van der Waals surface area contributed by atoms with E-state index in [0.717, 1.165) is 40.0 Å². The van der Waals surface area contributed by atoms with Gasteiger partial charge in [-0.05, 0) is 66.1 Å². The average Bonchev–Trinajstić information content (AvgIpc) is 3.44. The van der Waals surface area contributed by atoms with Gasteiger partial charge in [0.1, 0.15) is 11.0 Å². The van der Waals surface area contributed by atoms with Crippen molar-refractivity contribution >= 4 is 45.6 Å². The molecule has 2 N–H and O–H groups in total. The molecule has 0 saturated heterocycles. The SMILES string of the molecule is c1ccc2oc(Nc3ccc(Cc4ccc(Nc5nc6ccccc6o5)cc4)cc3)nc2c1. The number of benzene rings is 4. The fourth-order valence-electron chi connectivity index (χ4n) is 3.75. The number of anilines is 4. The second kappa shape index (κ2) is 8.16. The van der Waals surface area contributed by atoms with Crippen molar-refractivity contribution in [1.29, 1.82) is 0 Å². The summed E-state index contributed by atoms with van der Waals surface area (Å²) in [5.41, 5.74) is 7.52. The second-order valence-corrected chi connectivity index (χ2v) is 7.79. The number of rotatable bonds is 6. The molecule has 33 heavy (non-hydrogen) atoms. The average molecular weight is 432 g/mol. The molecule has 0 amide bonds. The maximum atomic E-state index is 5.73. The molecule has 0 saturated carbocycles. The molecule has 4 aromatic carbocycles. The molecule has 6 aromatic rings. The minimum Gasteiger partial charge on any atom is -0.423 e. The normalized spacial score (nSPS) is 11.2. The van der Waals surface area contributed by atoms with Gasteiger partial charge in [0.05, 0.1) is 0 Å². The van der Waals surface area contributed by atoms with E-state index in [-0.39, 0.29) is 0 Å². The van der Waals surface area contributed by atoms with Gasteiger partial charge in [-0.3, -0.25) is 0 Å². The van der Waals surface area contributed by atoms with E-state index in [1.165, 1.54) is 11.1 Å². The van der Waals surface area contributed by atoms with Crippen molar-refractivity contribution in [2.45, 2.75) is 6.42 Å². The van der Waals surface area contributed by atoms with E-state index in [2.05, 4.69) is 44.9 Å². The van der Waals surface area contributed by atoms with Crippen molar-refractivity contribution in [3.8, 4) is 0 Å². The summed E-state index contributed by atoms with van der Waals surface area (Å²) in [5, 5.41) is 6.45. The monoisotopic (exact) mass is 432 g/mol. The highest BCUT2D eigenvalue weighted by molar-refractivity contribution is 5.76. The van der Waals surface area contributed by atoms with Crippen molar-refractivity contribution in [3.63, 3.8) is 0 Å². The molecule has 0 aliphatic heterocycles. The van der Waals surface area contributed by atoms with E-state index in [0.29, 0.717) is 12.0 Å². The van der Waals surface area contributed by atoms with Crippen LogP contribution in [0.2, 0.25) is 0 Å². The van der Waals surface area contributed by atoms with Gasteiger partial charge in [-0.15, -0.1) is 0 Å². The molecule has 6 nitrogen and oxygen atoms in total. The van der Waals surface area contributed by atoms with Gasteiger partial charge in [0.25, 0.3) is 12.0 Å². The summed E-state index contributed by atoms with van der Waals surface area (Å²) >= 11 is 0. The first-order chi connectivity index (χ1) is 16.3. The van der Waals surface area contributed by atoms with Gasteiger partial charge in [0.15, 0.2) is 11.2 Å². The largest absolute Gasteiger partial charge is 0.423 e. The molecule has 2 heterocycles. The van der Waals surface area contributed by atoms with Crippen LogP contribution in [-0.2, 0) is 6.42 Å². The van der Waals surface area contributed by atoms with Gasteiger partial charge in [-0.1, -0.05) is 48.5 Å². The molecule has 0 aliphatic carbocycles. The predicted molar refractivity (Wildman–Crippen MR) is 130 cm³/mol. The Morgan fingerprint density at radius 1 is 0.515 bits per heavy atom. The smallest absolute Gasteiger partial charge is 0.300 e. The number of hydrogen-bond donors (Lipinski definition) is 2. The summed E-state index contributed by atoms with van der Waals surface area (Å²) in [4.78, 5) is 8.91. The van der Waals surface area contributed by atoms with Gasteiger partial charge in [0, 0.05) is 11.4 Å². The minimum atomic E-state index is 0.492. The van der Waals surface area contributed by atoms with Crippen molar-refractivity contribution in [2.75, 3.05) is 10.6 Å². The van der Waals surface area contributed by atoms with E-state index in [4.69, 9.17) is 8.83 Å². The fourth-order valence-corrected chi connectivity index (χ4v) is 3.75. The third-order valence-electron chi connectivity index (χ3n) is 5.41. The Kier molecular flexibility index (Phi) is 4.73. The van der Waals surface area contributed by atoms with Gasteiger partial charge < -0.3 is 19.5 Å². The standard InChI is InChI=1S/C27H20N4O2/c1-3-7-24-22(5-1)30-26(32-24)28-20-13-9-18(10-14-20)17-19-11-15-21(16-12-19)29-27-31-23-6-2-4-8-25(23)33-27/h1-16H,17H2,(H,28,30)(H,29,31). The number of hydrogen-bond acceptors (Lipinski definition) is 6. The van der Waals surface area contributed by atoms with Crippen LogP contribution in [0.3, 0.4) is 0 Å². The zero-order valence-corrected chi connectivity index (χ0v) is 17.7. The third-order valence-corrected chi connectivity index (χ3v) is 5.41. The summed E-state index contributed by atoms with van der Waals surface area (Å²) in [7, 11) is 0. The number of aromatic nitrogens is 2. The summed E-state index contributed by atoms with van der Waals surface area (Å²) < 4.78 is 11.5. The summed E-state index contributed by atoms with van der Waals surface area (Å²) in [6.07, 6.45) is 0.840. The van der Waals surface area contributed by atoms with Crippen LogP contribution < -0.4 is 10.6 Å². The third kappa shape index (κ3) is 4.14. The fraction of sp³-hybridized carbons (Fsp3) is 0.0370. The van der Waals surface area contributed by atoms with Crippen molar-refractivity contribution in [2.24, 2.45) is 0 Å². The molecule has 2 aromatic heterocycles. The highest BCUT2D eigenvalue weighted by Crippen LogP contribution is 2.24. The van der Waals surface area contributed by atoms with Crippen LogP contribution in [0.25, 0.3) is 22.2 Å². The Morgan fingerprint density at radius 3 is 1.36 bits per heavy atom. The Bertz CT molecular complexity index is 1350. The molecule has 0 atom stereocenters. The molecule has 6 rings (SSSR count). The van der Waals surface area contributed by atoms with Crippen LogP contribution in [0.1, 0.15) is 11.1 Å². The maximum Gasteiger partial charge on any atom is 0.300 e. The number of nitrogens with zero attached hydrogens (tertiary/aromatic N) is 2. The van der Waals surface area contributed by atoms with Crippen LogP contribution in [0.15, 0.2) is 106 Å². The molecule has 0 radical (unpaired) electrons. The van der Waals surface area contributed by atoms with Gasteiger partial charge in [0.2, 0.25) is 0 Å².